The molecule has 0 atom stereocenters. The first kappa shape index (κ1) is 13.7. The molecule has 9 heteroatoms. The van der Waals surface area contributed by atoms with Crippen molar-refractivity contribution in [1.82, 2.24) is 14.8 Å². The molecule has 5 nitrogen and oxygen atoms in total. The number of aromatic nitrogens is 3. The van der Waals surface area contributed by atoms with E-state index in [-0.39, 0.29) is 5.75 Å². The number of hydrogen-bond donors (Lipinski definition) is 1. The summed E-state index contributed by atoms with van der Waals surface area (Å²) in [5.41, 5.74) is 0.553. The highest BCUT2D eigenvalue weighted by Gasteiger charge is 2.31. The van der Waals surface area contributed by atoms with Crippen LogP contribution in [0.25, 0.3) is 5.69 Å². The highest BCUT2D eigenvalue weighted by molar-refractivity contribution is 9.10. The molecule has 0 saturated carbocycles. The van der Waals surface area contributed by atoms with E-state index in [0.717, 1.165) is 0 Å². The maximum absolute atomic E-state index is 12.0. The monoisotopic (exact) mass is 336 g/mol. The van der Waals surface area contributed by atoms with E-state index in [1.54, 1.807) is 7.05 Å². The normalized spacial score (nSPS) is 11.4. The molecule has 1 aromatic carbocycles. The van der Waals surface area contributed by atoms with Gasteiger partial charge in [-0.1, -0.05) is 0 Å². The molecule has 0 aliphatic carbocycles. The van der Waals surface area contributed by atoms with Crippen molar-refractivity contribution in [3.05, 3.63) is 29.0 Å². The zero-order valence-electron chi connectivity index (χ0n) is 9.57. The van der Waals surface area contributed by atoms with Crippen molar-refractivity contribution < 1.29 is 17.9 Å². The summed E-state index contributed by atoms with van der Waals surface area (Å²) in [4.78, 5) is 4.03. The van der Waals surface area contributed by atoms with Crippen molar-refractivity contribution in [2.45, 2.75) is 6.36 Å². The average molecular weight is 337 g/mol. The van der Waals surface area contributed by atoms with Gasteiger partial charge in [0.05, 0.1) is 5.69 Å². The summed E-state index contributed by atoms with van der Waals surface area (Å²) >= 11 is 3.12. The molecular formula is C10H8BrF3N4O. The smallest absolute Gasteiger partial charge is 0.406 e. The number of rotatable bonds is 3. The van der Waals surface area contributed by atoms with Crippen molar-refractivity contribution in [2.75, 3.05) is 12.4 Å². The second-order valence-electron chi connectivity index (χ2n) is 3.41. The largest absolute Gasteiger partial charge is 0.573 e. The molecule has 0 aliphatic rings. The van der Waals surface area contributed by atoms with E-state index < -0.39 is 6.36 Å². The topological polar surface area (TPSA) is 52.0 Å². The first-order valence-corrected chi connectivity index (χ1v) is 5.85. The molecule has 0 radical (unpaired) electrons. The summed E-state index contributed by atoms with van der Waals surface area (Å²) in [7, 11) is 1.66. The number of nitrogens with one attached hydrogen (secondary N) is 1. The summed E-state index contributed by atoms with van der Waals surface area (Å²) in [5, 5.41) is 6.87. The predicted octanol–water partition coefficient (Wildman–Crippen LogP) is 2.97. The van der Waals surface area contributed by atoms with Gasteiger partial charge in [0.15, 0.2) is 0 Å². The number of ether oxygens (including phenoxy) is 1. The van der Waals surface area contributed by atoms with Crippen LogP contribution in [0.2, 0.25) is 0 Å². The van der Waals surface area contributed by atoms with Crippen LogP contribution >= 0.6 is 15.9 Å². The van der Waals surface area contributed by atoms with Crippen LogP contribution in [0.1, 0.15) is 0 Å². The van der Waals surface area contributed by atoms with Crippen molar-refractivity contribution >= 4 is 21.9 Å². The Morgan fingerprint density at radius 3 is 2.42 bits per heavy atom. The minimum absolute atomic E-state index is 0.290. The maximum atomic E-state index is 12.0. The van der Waals surface area contributed by atoms with Gasteiger partial charge in [0, 0.05) is 7.05 Å². The molecule has 0 amide bonds. The first-order valence-electron chi connectivity index (χ1n) is 5.05. The van der Waals surface area contributed by atoms with Crippen LogP contribution in [0, 0.1) is 0 Å². The fourth-order valence-corrected chi connectivity index (χ4v) is 1.74. The number of nitrogens with zero attached hydrogens (tertiary/aromatic N) is 3. The zero-order chi connectivity index (χ0) is 14.0. The second kappa shape index (κ2) is 5.08. The molecule has 102 valence electrons. The number of hydrogen-bond acceptors (Lipinski definition) is 4. The molecule has 2 rings (SSSR count). The second-order valence-corrected chi connectivity index (χ2v) is 4.12. The highest BCUT2D eigenvalue weighted by Crippen LogP contribution is 2.24. The number of alkyl halides is 3. The lowest BCUT2D eigenvalue weighted by Gasteiger charge is -2.09. The molecule has 1 heterocycles. The van der Waals surface area contributed by atoms with Gasteiger partial charge in [-0.15, -0.1) is 18.3 Å². The third kappa shape index (κ3) is 3.37. The zero-order valence-corrected chi connectivity index (χ0v) is 11.2. The Morgan fingerprint density at radius 1 is 1.26 bits per heavy atom. The minimum Gasteiger partial charge on any atom is -0.406 e. The molecule has 1 N–H and O–H groups in total. The quantitative estimate of drug-likeness (QED) is 0.936. The lowest BCUT2D eigenvalue weighted by Crippen LogP contribution is -2.17. The number of benzene rings is 1. The highest BCUT2D eigenvalue weighted by atomic mass is 79.9. The summed E-state index contributed by atoms with van der Waals surface area (Å²) in [5.74, 6) is 0.165. The average Bonchev–Trinajstić information content (AvgIpc) is 2.69. The van der Waals surface area contributed by atoms with Crippen LogP contribution in [-0.2, 0) is 0 Å². The SMILES string of the molecule is CNc1nc(Br)nn1-c1ccc(OC(F)(F)F)cc1. The Kier molecular flexibility index (Phi) is 3.65. The molecule has 2 aromatic rings. The maximum Gasteiger partial charge on any atom is 0.573 e. The Hall–Kier alpha value is -1.77. The van der Waals surface area contributed by atoms with Crippen LogP contribution in [0.3, 0.4) is 0 Å². The van der Waals surface area contributed by atoms with E-state index in [4.69, 9.17) is 0 Å². The summed E-state index contributed by atoms with van der Waals surface area (Å²) in [6.45, 7) is 0. The fourth-order valence-electron chi connectivity index (χ4n) is 1.42. The third-order valence-corrected chi connectivity index (χ3v) is 2.46. The molecule has 19 heavy (non-hydrogen) atoms. The van der Waals surface area contributed by atoms with E-state index in [9.17, 15) is 13.2 Å². The van der Waals surface area contributed by atoms with Gasteiger partial charge in [-0.3, -0.25) is 0 Å². The Morgan fingerprint density at radius 2 is 1.89 bits per heavy atom. The third-order valence-electron chi connectivity index (χ3n) is 2.12. The Bertz CT molecular complexity index is 567. The van der Waals surface area contributed by atoms with Gasteiger partial charge < -0.3 is 10.1 Å². The van der Waals surface area contributed by atoms with Crippen LogP contribution in [0.4, 0.5) is 19.1 Å². The number of halogens is 4. The van der Waals surface area contributed by atoms with Gasteiger partial charge in [0.25, 0.3) is 0 Å². The summed E-state index contributed by atoms with van der Waals surface area (Å²) in [6, 6.07) is 5.31. The van der Waals surface area contributed by atoms with Crippen molar-refractivity contribution in [1.29, 1.82) is 0 Å². The molecule has 0 fully saturated rings. The minimum atomic E-state index is -4.70. The van der Waals surface area contributed by atoms with E-state index in [1.165, 1.54) is 28.9 Å². The van der Waals surface area contributed by atoms with Gasteiger partial charge in [-0.2, -0.15) is 9.67 Å². The van der Waals surface area contributed by atoms with Crippen molar-refractivity contribution in [3.8, 4) is 11.4 Å². The lowest BCUT2D eigenvalue weighted by molar-refractivity contribution is -0.274. The Labute approximate surface area is 114 Å². The molecule has 0 spiro atoms. The summed E-state index contributed by atoms with van der Waals surface area (Å²) in [6.07, 6.45) is -4.70. The lowest BCUT2D eigenvalue weighted by atomic mass is 10.3. The fraction of sp³-hybridized carbons (Fsp3) is 0.200. The van der Waals surface area contributed by atoms with Crippen LogP contribution < -0.4 is 10.1 Å². The predicted molar refractivity (Wildman–Crippen MR) is 65.3 cm³/mol. The molecule has 1 aromatic heterocycles. The van der Waals surface area contributed by atoms with Gasteiger partial charge in [-0.25, -0.2) is 0 Å². The Balaban J connectivity index is 2.27. The van der Waals surface area contributed by atoms with Crippen LogP contribution in [-0.4, -0.2) is 28.2 Å². The van der Waals surface area contributed by atoms with Gasteiger partial charge in [0.2, 0.25) is 10.7 Å². The molecule has 0 bridgehead atoms. The van der Waals surface area contributed by atoms with E-state index in [1.807, 2.05) is 0 Å². The standard InChI is InChI=1S/C10H8BrF3N4O/c1-15-9-16-8(11)17-18(9)6-2-4-7(5-3-6)19-10(12,13)14/h2-5H,1H3,(H,15,16,17). The number of anilines is 1. The molecule has 0 aliphatic heterocycles. The van der Waals surface area contributed by atoms with E-state index >= 15 is 0 Å². The van der Waals surface area contributed by atoms with Gasteiger partial charge in [0.1, 0.15) is 5.75 Å². The first-order chi connectivity index (χ1) is 8.89. The van der Waals surface area contributed by atoms with Gasteiger partial charge >= 0.3 is 6.36 Å². The van der Waals surface area contributed by atoms with Gasteiger partial charge in [-0.05, 0) is 40.2 Å². The van der Waals surface area contributed by atoms with Crippen molar-refractivity contribution in [3.63, 3.8) is 0 Å². The molecule has 0 unspecified atom stereocenters. The van der Waals surface area contributed by atoms with Crippen molar-refractivity contribution in [2.24, 2.45) is 0 Å². The van der Waals surface area contributed by atoms with Crippen LogP contribution in [0.5, 0.6) is 5.75 Å². The molecule has 0 saturated heterocycles. The van der Waals surface area contributed by atoms with E-state index in [0.29, 0.717) is 16.4 Å². The summed E-state index contributed by atoms with van der Waals surface area (Å²) < 4.78 is 41.7. The van der Waals surface area contributed by atoms with E-state index in [2.05, 4.69) is 36.1 Å². The molecular weight excluding hydrogens is 329 g/mol. The van der Waals surface area contributed by atoms with Crippen LogP contribution in [0.15, 0.2) is 29.0 Å².